The Morgan fingerprint density at radius 1 is 1.40 bits per heavy atom. The fourth-order valence-electron chi connectivity index (χ4n) is 1.64. The lowest BCUT2D eigenvalue weighted by Crippen LogP contribution is -2.27. The first-order valence-electron chi connectivity index (χ1n) is 6.11. The van der Waals surface area contributed by atoms with Gasteiger partial charge in [0, 0.05) is 30.7 Å². The van der Waals surface area contributed by atoms with Crippen LogP contribution in [0.5, 0.6) is 0 Å². The molecule has 0 unspecified atom stereocenters. The van der Waals surface area contributed by atoms with Gasteiger partial charge in [0.15, 0.2) is 0 Å². The predicted molar refractivity (Wildman–Crippen MR) is 83.9 cm³/mol. The molecule has 0 aliphatic carbocycles. The zero-order chi connectivity index (χ0) is 15.3. The monoisotopic (exact) mass is 336 g/mol. The summed E-state index contributed by atoms with van der Waals surface area (Å²) in [5.74, 6) is 0. The molecular formula is C13H18Cl2N2O2S. The molecule has 112 valence electrons. The van der Waals surface area contributed by atoms with Gasteiger partial charge in [0.25, 0.3) is 0 Å². The lowest BCUT2D eigenvalue weighted by Gasteiger charge is -2.18. The van der Waals surface area contributed by atoms with Crippen molar-refractivity contribution in [2.75, 3.05) is 20.1 Å². The Morgan fingerprint density at radius 3 is 2.60 bits per heavy atom. The highest BCUT2D eigenvalue weighted by atomic mass is 35.5. The average molecular weight is 337 g/mol. The van der Waals surface area contributed by atoms with Gasteiger partial charge in [0.2, 0.25) is 10.0 Å². The smallest absolute Gasteiger partial charge is 0.244 e. The molecule has 0 aliphatic heterocycles. The summed E-state index contributed by atoms with van der Waals surface area (Å²) in [4.78, 5) is 0.0563. The van der Waals surface area contributed by atoms with Crippen molar-refractivity contribution in [3.05, 3.63) is 40.4 Å². The Hall–Kier alpha value is -0.590. The Bertz CT molecular complexity index is 588. The number of likely N-dealkylation sites (N-methyl/N-ethyl adjacent to an activating group) is 1. The van der Waals surface area contributed by atoms with Gasteiger partial charge in [-0.2, -0.15) is 4.31 Å². The van der Waals surface area contributed by atoms with Gasteiger partial charge >= 0.3 is 0 Å². The first kappa shape index (κ1) is 17.5. The number of rotatable bonds is 7. The molecule has 1 N–H and O–H groups in total. The number of hydrogen-bond acceptors (Lipinski definition) is 3. The summed E-state index contributed by atoms with van der Waals surface area (Å²) >= 11 is 12.3. The van der Waals surface area contributed by atoms with E-state index in [-0.39, 0.29) is 16.5 Å². The van der Waals surface area contributed by atoms with Crippen LogP contribution in [0.25, 0.3) is 0 Å². The van der Waals surface area contributed by atoms with Crippen LogP contribution in [0.2, 0.25) is 10.0 Å². The molecule has 0 aromatic heterocycles. The predicted octanol–water partition coefficient (Wildman–Crippen LogP) is 2.91. The van der Waals surface area contributed by atoms with Gasteiger partial charge in [-0.15, -0.1) is 6.58 Å². The van der Waals surface area contributed by atoms with E-state index in [0.29, 0.717) is 17.1 Å². The number of halogens is 2. The summed E-state index contributed by atoms with van der Waals surface area (Å²) in [6.07, 6.45) is 1.51. The molecule has 1 aromatic carbocycles. The number of sulfonamides is 1. The summed E-state index contributed by atoms with van der Waals surface area (Å²) in [7, 11) is -2.17. The SMILES string of the molecule is C=CCN(C)S(=O)(=O)c1ccc(Cl)c(CNCC)c1Cl. The van der Waals surface area contributed by atoms with Crippen molar-refractivity contribution in [2.45, 2.75) is 18.4 Å². The first-order chi connectivity index (χ1) is 9.36. The molecule has 4 nitrogen and oxygen atoms in total. The Labute approximate surface area is 130 Å². The van der Waals surface area contributed by atoms with E-state index >= 15 is 0 Å². The maximum Gasteiger partial charge on any atom is 0.244 e. The highest BCUT2D eigenvalue weighted by Gasteiger charge is 2.25. The second kappa shape index (κ2) is 7.43. The average Bonchev–Trinajstić information content (AvgIpc) is 2.38. The zero-order valence-corrected chi connectivity index (χ0v) is 13.8. The molecule has 0 radical (unpaired) electrons. The number of benzene rings is 1. The maximum absolute atomic E-state index is 12.4. The maximum atomic E-state index is 12.4. The minimum Gasteiger partial charge on any atom is -0.313 e. The third-order valence-electron chi connectivity index (χ3n) is 2.78. The van der Waals surface area contributed by atoms with Gasteiger partial charge in [0.1, 0.15) is 4.90 Å². The molecule has 20 heavy (non-hydrogen) atoms. The molecule has 0 saturated heterocycles. The summed E-state index contributed by atoms with van der Waals surface area (Å²) in [5.41, 5.74) is 0.586. The summed E-state index contributed by atoms with van der Waals surface area (Å²) in [5, 5.41) is 3.69. The van der Waals surface area contributed by atoms with E-state index in [9.17, 15) is 8.42 Å². The van der Waals surface area contributed by atoms with E-state index in [1.54, 1.807) is 6.07 Å². The fourth-order valence-corrected chi connectivity index (χ4v) is 3.66. The van der Waals surface area contributed by atoms with Crippen LogP contribution in [0.1, 0.15) is 12.5 Å². The van der Waals surface area contributed by atoms with E-state index in [4.69, 9.17) is 23.2 Å². The van der Waals surface area contributed by atoms with Gasteiger partial charge in [-0.05, 0) is 18.7 Å². The molecular weight excluding hydrogens is 319 g/mol. The Morgan fingerprint density at radius 2 is 2.05 bits per heavy atom. The summed E-state index contributed by atoms with van der Waals surface area (Å²) in [6, 6.07) is 2.98. The summed E-state index contributed by atoms with van der Waals surface area (Å²) < 4.78 is 26.0. The van der Waals surface area contributed by atoms with Gasteiger partial charge in [-0.25, -0.2) is 8.42 Å². The Kier molecular flexibility index (Phi) is 6.48. The first-order valence-corrected chi connectivity index (χ1v) is 8.30. The lowest BCUT2D eigenvalue weighted by atomic mass is 10.2. The number of hydrogen-bond donors (Lipinski definition) is 1. The normalized spacial score (nSPS) is 11.8. The van der Waals surface area contributed by atoms with E-state index in [2.05, 4.69) is 11.9 Å². The summed E-state index contributed by atoms with van der Waals surface area (Å²) in [6.45, 7) is 6.84. The Balaban J connectivity index is 3.29. The molecule has 0 amide bonds. The van der Waals surface area contributed by atoms with Crippen LogP contribution in [0.15, 0.2) is 29.7 Å². The highest BCUT2D eigenvalue weighted by molar-refractivity contribution is 7.89. The van der Waals surface area contributed by atoms with Crippen LogP contribution < -0.4 is 5.32 Å². The van der Waals surface area contributed by atoms with Crippen LogP contribution in [0, 0.1) is 0 Å². The molecule has 7 heteroatoms. The topological polar surface area (TPSA) is 49.4 Å². The fraction of sp³-hybridized carbons (Fsp3) is 0.385. The minimum absolute atomic E-state index is 0.0563. The van der Waals surface area contributed by atoms with Gasteiger partial charge in [-0.1, -0.05) is 36.2 Å². The van der Waals surface area contributed by atoms with Crippen molar-refractivity contribution < 1.29 is 8.42 Å². The second-order valence-electron chi connectivity index (χ2n) is 4.19. The molecule has 0 bridgehead atoms. The van der Waals surface area contributed by atoms with Gasteiger partial charge in [-0.3, -0.25) is 0 Å². The molecule has 0 spiro atoms. The third-order valence-corrected chi connectivity index (χ3v) is 5.54. The molecule has 0 fully saturated rings. The van der Waals surface area contributed by atoms with E-state index in [1.165, 1.54) is 23.5 Å². The van der Waals surface area contributed by atoms with Crippen LogP contribution in [0.3, 0.4) is 0 Å². The zero-order valence-electron chi connectivity index (χ0n) is 11.5. The van der Waals surface area contributed by atoms with Crippen molar-refractivity contribution in [1.29, 1.82) is 0 Å². The number of nitrogens with zero attached hydrogens (tertiary/aromatic N) is 1. The van der Waals surface area contributed by atoms with Crippen molar-refractivity contribution in [2.24, 2.45) is 0 Å². The largest absolute Gasteiger partial charge is 0.313 e. The molecule has 1 rings (SSSR count). The second-order valence-corrected chi connectivity index (χ2v) is 6.99. The third kappa shape index (κ3) is 3.74. The number of nitrogens with one attached hydrogen (secondary N) is 1. The standard InChI is InChI=1S/C13H18Cl2N2O2S/c1-4-8-17(3)20(18,19)12-7-6-11(14)10(13(12)15)9-16-5-2/h4,6-7,16H,1,5,8-9H2,2-3H3. The van der Waals surface area contributed by atoms with E-state index in [1.807, 2.05) is 6.92 Å². The van der Waals surface area contributed by atoms with E-state index < -0.39 is 10.0 Å². The van der Waals surface area contributed by atoms with E-state index in [0.717, 1.165) is 6.54 Å². The van der Waals surface area contributed by atoms with Crippen molar-refractivity contribution in [3.63, 3.8) is 0 Å². The van der Waals surface area contributed by atoms with Crippen molar-refractivity contribution in [1.82, 2.24) is 9.62 Å². The van der Waals surface area contributed by atoms with Gasteiger partial charge < -0.3 is 5.32 Å². The molecule has 0 saturated carbocycles. The van der Waals surface area contributed by atoms with Crippen LogP contribution in [0.4, 0.5) is 0 Å². The lowest BCUT2D eigenvalue weighted by molar-refractivity contribution is 0.499. The van der Waals surface area contributed by atoms with Crippen LogP contribution in [-0.2, 0) is 16.6 Å². The molecule has 0 aliphatic rings. The molecule has 1 aromatic rings. The molecule has 0 atom stereocenters. The van der Waals surface area contributed by atoms with Gasteiger partial charge in [0.05, 0.1) is 5.02 Å². The quantitative estimate of drug-likeness (QED) is 0.779. The molecule has 0 heterocycles. The van der Waals surface area contributed by atoms with Crippen molar-refractivity contribution in [3.8, 4) is 0 Å². The van der Waals surface area contributed by atoms with Crippen LogP contribution >= 0.6 is 23.2 Å². The highest BCUT2D eigenvalue weighted by Crippen LogP contribution is 2.32. The van der Waals surface area contributed by atoms with Crippen LogP contribution in [-0.4, -0.2) is 32.9 Å². The van der Waals surface area contributed by atoms with Crippen molar-refractivity contribution >= 4 is 33.2 Å². The minimum atomic E-state index is -3.65.